The van der Waals surface area contributed by atoms with Gasteiger partial charge in [-0.3, -0.25) is 14.7 Å². The van der Waals surface area contributed by atoms with E-state index in [1.54, 1.807) is 18.2 Å². The summed E-state index contributed by atoms with van der Waals surface area (Å²) >= 11 is 1.44. The Morgan fingerprint density at radius 2 is 1.79 bits per heavy atom. The Bertz CT molecular complexity index is 892. The minimum absolute atomic E-state index is 0.128. The van der Waals surface area contributed by atoms with Crippen LogP contribution in [0, 0.1) is 24.0 Å². The molecule has 122 valence electrons. The summed E-state index contributed by atoms with van der Waals surface area (Å²) in [6.45, 7) is 3.93. The highest BCUT2D eigenvalue weighted by atomic mass is 32.2. The lowest BCUT2D eigenvalue weighted by Gasteiger charge is -2.11. The highest BCUT2D eigenvalue weighted by Gasteiger charge is 2.16. The van der Waals surface area contributed by atoms with Gasteiger partial charge in [-0.25, -0.2) is 0 Å². The molecular weight excluding hydrogens is 324 g/mol. The smallest absolute Gasteiger partial charge is 0.273 e. The van der Waals surface area contributed by atoms with Gasteiger partial charge in [-0.2, -0.15) is 0 Å². The second-order valence-electron chi connectivity index (χ2n) is 5.33. The summed E-state index contributed by atoms with van der Waals surface area (Å²) in [6.07, 6.45) is 0. The average Bonchev–Trinajstić information content (AvgIpc) is 2.94. The van der Waals surface area contributed by atoms with Crippen molar-refractivity contribution < 1.29 is 4.92 Å². The molecule has 0 saturated heterocycles. The van der Waals surface area contributed by atoms with Crippen LogP contribution in [0.5, 0.6) is 0 Å². The van der Waals surface area contributed by atoms with E-state index in [-0.39, 0.29) is 10.6 Å². The van der Waals surface area contributed by atoms with Crippen LogP contribution in [0.3, 0.4) is 0 Å². The highest BCUT2D eigenvalue weighted by Crippen LogP contribution is 2.29. The lowest BCUT2D eigenvalue weighted by Crippen LogP contribution is -2.01. The minimum atomic E-state index is -0.354. The topological polar surface area (TPSA) is 73.8 Å². The summed E-state index contributed by atoms with van der Waals surface area (Å²) < 4.78 is 1.98. The highest BCUT2D eigenvalue weighted by molar-refractivity contribution is 7.98. The zero-order valence-corrected chi connectivity index (χ0v) is 14.2. The molecule has 0 aliphatic carbocycles. The predicted octanol–water partition coefficient (Wildman–Crippen LogP) is 4.08. The standard InChI is InChI=1S/C17H16N4O2S/c1-12-7-3-5-9-15(12)20-13(2)18-19-17(20)24-11-14-8-4-6-10-16(14)21(22)23/h3-10H,11H2,1-2H3. The van der Waals surface area contributed by atoms with Crippen LogP contribution in [0.1, 0.15) is 17.0 Å². The largest absolute Gasteiger partial charge is 0.274 e. The van der Waals surface area contributed by atoms with Crippen LogP contribution >= 0.6 is 11.8 Å². The van der Waals surface area contributed by atoms with Gasteiger partial charge in [-0.15, -0.1) is 10.2 Å². The van der Waals surface area contributed by atoms with E-state index in [0.717, 1.165) is 22.2 Å². The van der Waals surface area contributed by atoms with Gasteiger partial charge in [-0.05, 0) is 25.5 Å². The molecular formula is C17H16N4O2S. The van der Waals surface area contributed by atoms with Crippen molar-refractivity contribution in [2.45, 2.75) is 24.8 Å². The lowest BCUT2D eigenvalue weighted by molar-refractivity contribution is -0.385. The summed E-state index contributed by atoms with van der Waals surface area (Å²) in [5.74, 6) is 1.25. The first-order valence-electron chi connectivity index (χ1n) is 7.41. The number of thioether (sulfide) groups is 1. The van der Waals surface area contributed by atoms with E-state index >= 15 is 0 Å². The summed E-state index contributed by atoms with van der Waals surface area (Å²) in [5, 5.41) is 20.2. The first-order chi connectivity index (χ1) is 11.6. The third-order valence-corrected chi connectivity index (χ3v) is 4.67. The van der Waals surface area contributed by atoms with Crippen molar-refractivity contribution in [2.75, 3.05) is 0 Å². The molecule has 1 aromatic heterocycles. The van der Waals surface area contributed by atoms with Crippen molar-refractivity contribution >= 4 is 17.4 Å². The lowest BCUT2D eigenvalue weighted by atomic mass is 10.2. The van der Waals surface area contributed by atoms with E-state index < -0.39 is 0 Å². The first-order valence-corrected chi connectivity index (χ1v) is 8.39. The number of nitro benzene ring substituents is 1. The molecule has 24 heavy (non-hydrogen) atoms. The van der Waals surface area contributed by atoms with Crippen molar-refractivity contribution in [1.82, 2.24) is 14.8 Å². The zero-order chi connectivity index (χ0) is 17.1. The van der Waals surface area contributed by atoms with Gasteiger partial charge in [0.05, 0.1) is 10.6 Å². The third kappa shape index (κ3) is 3.16. The molecule has 7 heteroatoms. The second kappa shape index (κ2) is 6.84. The van der Waals surface area contributed by atoms with Gasteiger partial charge in [0, 0.05) is 17.4 Å². The number of para-hydroxylation sites is 2. The second-order valence-corrected chi connectivity index (χ2v) is 6.27. The van der Waals surface area contributed by atoms with Crippen LogP contribution in [0.4, 0.5) is 5.69 Å². The molecule has 0 radical (unpaired) electrons. The van der Waals surface area contributed by atoms with Gasteiger partial charge in [-0.1, -0.05) is 48.2 Å². The van der Waals surface area contributed by atoms with E-state index in [4.69, 9.17) is 0 Å². The quantitative estimate of drug-likeness (QED) is 0.397. The summed E-state index contributed by atoms with van der Waals surface area (Å²) in [5.41, 5.74) is 2.94. The Kier molecular flexibility index (Phi) is 4.61. The molecule has 0 amide bonds. The van der Waals surface area contributed by atoms with Crippen molar-refractivity contribution in [2.24, 2.45) is 0 Å². The fourth-order valence-electron chi connectivity index (χ4n) is 2.48. The Morgan fingerprint density at radius 1 is 1.08 bits per heavy atom. The molecule has 0 spiro atoms. The number of nitro groups is 1. The molecule has 0 N–H and O–H groups in total. The molecule has 0 saturated carbocycles. The molecule has 0 unspecified atom stereocenters. The van der Waals surface area contributed by atoms with Gasteiger partial charge < -0.3 is 0 Å². The number of aromatic nitrogens is 3. The van der Waals surface area contributed by atoms with Crippen molar-refractivity contribution in [1.29, 1.82) is 0 Å². The average molecular weight is 340 g/mol. The van der Waals surface area contributed by atoms with E-state index in [1.165, 1.54) is 17.8 Å². The van der Waals surface area contributed by atoms with E-state index in [1.807, 2.05) is 42.7 Å². The summed E-state index contributed by atoms with van der Waals surface area (Å²) in [6, 6.07) is 14.8. The van der Waals surface area contributed by atoms with Crippen LogP contribution in [0.25, 0.3) is 5.69 Å². The Labute approximate surface area is 143 Å². The Hall–Kier alpha value is -2.67. The molecule has 6 nitrogen and oxygen atoms in total. The number of nitrogens with zero attached hydrogens (tertiary/aromatic N) is 4. The minimum Gasteiger partial charge on any atom is -0.274 e. The van der Waals surface area contributed by atoms with Gasteiger partial charge in [0.25, 0.3) is 5.69 Å². The summed E-state index contributed by atoms with van der Waals surface area (Å²) in [7, 11) is 0. The van der Waals surface area contributed by atoms with Crippen LogP contribution in [-0.2, 0) is 5.75 Å². The van der Waals surface area contributed by atoms with Crippen molar-refractivity contribution in [3.63, 3.8) is 0 Å². The molecule has 0 aliphatic rings. The number of aryl methyl sites for hydroxylation is 2. The third-order valence-electron chi connectivity index (χ3n) is 3.70. The SMILES string of the molecule is Cc1ccccc1-n1c(C)nnc1SCc1ccccc1[N+](=O)[O-]. The maximum Gasteiger partial charge on any atom is 0.273 e. The Balaban J connectivity index is 1.91. The van der Waals surface area contributed by atoms with Crippen LogP contribution < -0.4 is 0 Å². The van der Waals surface area contributed by atoms with Crippen molar-refractivity contribution in [3.8, 4) is 5.69 Å². The molecule has 3 aromatic rings. The van der Waals surface area contributed by atoms with Crippen molar-refractivity contribution in [3.05, 3.63) is 75.6 Å². The normalized spacial score (nSPS) is 10.8. The Morgan fingerprint density at radius 3 is 2.54 bits per heavy atom. The summed E-state index contributed by atoms with van der Waals surface area (Å²) in [4.78, 5) is 10.8. The monoisotopic (exact) mass is 340 g/mol. The fraction of sp³-hybridized carbons (Fsp3) is 0.176. The zero-order valence-electron chi connectivity index (χ0n) is 13.3. The van der Waals surface area contributed by atoms with Crippen LogP contribution in [0.15, 0.2) is 53.7 Å². The van der Waals surface area contributed by atoms with E-state index in [9.17, 15) is 10.1 Å². The van der Waals surface area contributed by atoms with Crippen LogP contribution in [-0.4, -0.2) is 19.7 Å². The number of hydrogen-bond acceptors (Lipinski definition) is 5. The van der Waals surface area contributed by atoms with Gasteiger partial charge in [0.1, 0.15) is 5.82 Å². The van der Waals surface area contributed by atoms with Gasteiger partial charge in [0.15, 0.2) is 5.16 Å². The number of benzene rings is 2. The first kappa shape index (κ1) is 16.2. The van der Waals surface area contributed by atoms with Gasteiger partial charge >= 0.3 is 0 Å². The molecule has 1 heterocycles. The molecule has 0 fully saturated rings. The molecule has 0 aliphatic heterocycles. The predicted molar refractivity (Wildman–Crippen MR) is 93.5 cm³/mol. The fourth-order valence-corrected chi connectivity index (χ4v) is 3.47. The van der Waals surface area contributed by atoms with E-state index in [2.05, 4.69) is 10.2 Å². The number of hydrogen-bond donors (Lipinski definition) is 0. The molecule has 0 bridgehead atoms. The molecule has 2 aromatic carbocycles. The van der Waals surface area contributed by atoms with E-state index in [0.29, 0.717) is 11.3 Å². The van der Waals surface area contributed by atoms with Crippen LogP contribution in [0.2, 0.25) is 0 Å². The molecule has 0 atom stereocenters. The maximum atomic E-state index is 11.1. The molecule has 3 rings (SSSR count). The maximum absolute atomic E-state index is 11.1. The van der Waals surface area contributed by atoms with Gasteiger partial charge in [0.2, 0.25) is 0 Å². The number of rotatable bonds is 5.